The summed E-state index contributed by atoms with van der Waals surface area (Å²) in [6, 6.07) is 4.29. The molecule has 4 fully saturated rings. The summed E-state index contributed by atoms with van der Waals surface area (Å²) < 4.78 is 18.0. The van der Waals surface area contributed by atoms with Crippen molar-refractivity contribution >= 4 is 5.57 Å². The first-order valence-electron chi connectivity index (χ1n) is 10.7. The molecule has 5 aliphatic rings. The number of aromatic nitrogens is 1. The lowest BCUT2D eigenvalue weighted by atomic mass is 9.83. The topological polar surface area (TPSA) is 47.1 Å². The smallest absolute Gasteiger partial charge is 0.124 e. The van der Waals surface area contributed by atoms with Crippen LogP contribution in [0, 0.1) is 5.41 Å². The molecule has 4 heterocycles. The van der Waals surface area contributed by atoms with Crippen molar-refractivity contribution in [1.82, 2.24) is 14.8 Å². The normalized spacial score (nSPS) is 37.7. The molecule has 0 bridgehead atoms. The monoisotopic (exact) mass is 383 g/mol. The van der Waals surface area contributed by atoms with Gasteiger partial charge in [-0.3, -0.25) is 14.8 Å². The number of nitrogens with zero attached hydrogens (tertiary/aromatic N) is 3. The standard InChI is InChI=1S/C22H29N3O3/c1-4-19-17(12-24-6-9-26-10-7-24)11-21-14-22(21,20(19)23-5-1)28-16-25(15-21)13-18-3-2-8-27-18/h1,4-5,11,18H,2-3,6-10,12-16H2. The van der Waals surface area contributed by atoms with Crippen molar-refractivity contribution in [3.8, 4) is 0 Å². The van der Waals surface area contributed by atoms with Gasteiger partial charge in [-0.05, 0) is 30.9 Å². The van der Waals surface area contributed by atoms with Crippen LogP contribution in [0.25, 0.3) is 5.57 Å². The lowest BCUT2D eigenvalue weighted by molar-refractivity contribution is -0.112. The Morgan fingerprint density at radius 3 is 2.96 bits per heavy atom. The number of rotatable bonds is 4. The molecule has 3 atom stereocenters. The van der Waals surface area contributed by atoms with Crippen molar-refractivity contribution in [3.05, 3.63) is 35.7 Å². The lowest BCUT2D eigenvalue weighted by Gasteiger charge is -2.41. The fourth-order valence-electron chi connectivity index (χ4n) is 5.75. The van der Waals surface area contributed by atoms with Crippen LogP contribution >= 0.6 is 0 Å². The molecule has 0 spiro atoms. The Hall–Kier alpha value is -1.31. The second kappa shape index (κ2) is 6.61. The highest BCUT2D eigenvalue weighted by Crippen LogP contribution is 2.71. The molecule has 3 unspecified atom stereocenters. The maximum atomic E-state index is 6.55. The summed E-state index contributed by atoms with van der Waals surface area (Å²) in [6.45, 7) is 8.29. The Kier molecular flexibility index (Phi) is 4.14. The number of fused-ring (bicyclic) bond motifs is 1. The average Bonchev–Trinajstić information content (AvgIpc) is 3.14. The van der Waals surface area contributed by atoms with E-state index in [9.17, 15) is 0 Å². The van der Waals surface area contributed by atoms with E-state index in [2.05, 4.69) is 28.0 Å². The lowest BCUT2D eigenvalue weighted by Crippen LogP contribution is -2.47. The van der Waals surface area contributed by atoms with Crippen molar-refractivity contribution in [1.29, 1.82) is 0 Å². The van der Waals surface area contributed by atoms with Gasteiger partial charge in [-0.25, -0.2) is 0 Å². The highest BCUT2D eigenvalue weighted by molar-refractivity contribution is 5.75. The van der Waals surface area contributed by atoms with Crippen LogP contribution in [0.3, 0.4) is 0 Å². The van der Waals surface area contributed by atoms with Crippen molar-refractivity contribution in [2.24, 2.45) is 5.41 Å². The minimum Gasteiger partial charge on any atom is -0.379 e. The van der Waals surface area contributed by atoms with Gasteiger partial charge in [0, 0.05) is 56.5 Å². The number of hydrogen-bond acceptors (Lipinski definition) is 6. The maximum absolute atomic E-state index is 6.55. The average molecular weight is 383 g/mol. The zero-order chi connectivity index (χ0) is 18.6. The summed E-state index contributed by atoms with van der Waals surface area (Å²) >= 11 is 0. The first-order chi connectivity index (χ1) is 13.8. The number of pyridine rings is 1. The maximum Gasteiger partial charge on any atom is 0.124 e. The van der Waals surface area contributed by atoms with Crippen LogP contribution in [0.15, 0.2) is 24.4 Å². The Morgan fingerprint density at radius 2 is 2.11 bits per heavy atom. The van der Waals surface area contributed by atoms with Gasteiger partial charge in [-0.2, -0.15) is 0 Å². The summed E-state index contributed by atoms with van der Waals surface area (Å²) in [6.07, 6.45) is 8.26. The zero-order valence-corrected chi connectivity index (χ0v) is 16.4. The fraction of sp³-hybridized carbons (Fsp3) is 0.682. The molecule has 6 rings (SSSR count). The quantitative estimate of drug-likeness (QED) is 0.791. The molecule has 1 aromatic rings. The Bertz CT molecular complexity index is 787. The number of hydrogen-bond donors (Lipinski definition) is 0. The summed E-state index contributed by atoms with van der Waals surface area (Å²) in [7, 11) is 0. The molecule has 0 radical (unpaired) electrons. The summed E-state index contributed by atoms with van der Waals surface area (Å²) in [5.74, 6) is 0. The second-order valence-electron chi connectivity index (χ2n) is 9.04. The first kappa shape index (κ1) is 17.5. The van der Waals surface area contributed by atoms with E-state index in [-0.39, 0.29) is 11.0 Å². The van der Waals surface area contributed by atoms with Crippen molar-refractivity contribution < 1.29 is 14.2 Å². The molecule has 1 saturated carbocycles. The predicted molar refractivity (Wildman–Crippen MR) is 105 cm³/mol. The van der Waals surface area contributed by atoms with E-state index in [0.717, 1.165) is 64.7 Å². The highest BCUT2D eigenvalue weighted by Gasteiger charge is 2.73. The molecule has 150 valence electrons. The fourth-order valence-corrected chi connectivity index (χ4v) is 5.75. The van der Waals surface area contributed by atoms with Gasteiger partial charge in [0.25, 0.3) is 0 Å². The number of ether oxygens (including phenoxy) is 3. The van der Waals surface area contributed by atoms with Gasteiger partial charge in [0.2, 0.25) is 0 Å². The molecular weight excluding hydrogens is 354 g/mol. The third-order valence-electron chi connectivity index (χ3n) is 7.21. The van der Waals surface area contributed by atoms with E-state index in [4.69, 9.17) is 19.2 Å². The van der Waals surface area contributed by atoms with Gasteiger partial charge in [-0.1, -0.05) is 12.1 Å². The zero-order valence-electron chi connectivity index (χ0n) is 16.4. The molecule has 6 nitrogen and oxygen atoms in total. The van der Waals surface area contributed by atoms with Gasteiger partial charge in [0.1, 0.15) is 12.3 Å². The molecule has 1 aromatic heterocycles. The third-order valence-corrected chi connectivity index (χ3v) is 7.21. The van der Waals surface area contributed by atoms with Gasteiger partial charge < -0.3 is 14.2 Å². The van der Waals surface area contributed by atoms with Crippen LogP contribution in [0.2, 0.25) is 0 Å². The summed E-state index contributed by atoms with van der Waals surface area (Å²) in [4.78, 5) is 9.79. The first-order valence-corrected chi connectivity index (χ1v) is 10.7. The van der Waals surface area contributed by atoms with Crippen LogP contribution in [0.4, 0.5) is 0 Å². The molecule has 2 aliphatic carbocycles. The minimum atomic E-state index is -0.203. The molecular formula is C22H29N3O3. The van der Waals surface area contributed by atoms with E-state index in [1.807, 2.05) is 6.20 Å². The van der Waals surface area contributed by atoms with Gasteiger partial charge in [0.05, 0.1) is 25.0 Å². The van der Waals surface area contributed by atoms with Gasteiger partial charge in [0.15, 0.2) is 0 Å². The van der Waals surface area contributed by atoms with Crippen LogP contribution in [-0.2, 0) is 19.8 Å². The van der Waals surface area contributed by atoms with E-state index in [1.54, 1.807) is 0 Å². The molecule has 28 heavy (non-hydrogen) atoms. The van der Waals surface area contributed by atoms with Gasteiger partial charge in [-0.15, -0.1) is 0 Å². The largest absolute Gasteiger partial charge is 0.379 e. The van der Waals surface area contributed by atoms with Crippen LogP contribution in [0.1, 0.15) is 30.5 Å². The highest BCUT2D eigenvalue weighted by atomic mass is 16.5. The van der Waals surface area contributed by atoms with E-state index < -0.39 is 0 Å². The summed E-state index contributed by atoms with van der Waals surface area (Å²) in [5, 5.41) is 0. The van der Waals surface area contributed by atoms with E-state index in [1.165, 1.54) is 24.0 Å². The molecule has 3 saturated heterocycles. The Labute approximate surface area is 166 Å². The van der Waals surface area contributed by atoms with E-state index >= 15 is 0 Å². The van der Waals surface area contributed by atoms with Crippen molar-refractivity contribution in [2.75, 3.05) is 59.3 Å². The minimum absolute atomic E-state index is 0.0762. The van der Waals surface area contributed by atoms with Crippen LogP contribution in [0.5, 0.6) is 0 Å². The molecule has 0 N–H and O–H groups in total. The van der Waals surface area contributed by atoms with Crippen LogP contribution in [-0.4, -0.2) is 80.2 Å². The molecule has 0 aromatic carbocycles. The summed E-state index contributed by atoms with van der Waals surface area (Å²) in [5.41, 5.74) is 3.74. The molecule has 6 heteroatoms. The van der Waals surface area contributed by atoms with Crippen molar-refractivity contribution in [3.63, 3.8) is 0 Å². The second-order valence-corrected chi connectivity index (χ2v) is 9.04. The SMILES string of the molecule is C1=C(CN2CCOCC2)c2cccnc2C23CC12CN(CC1CCCO1)CO3. The van der Waals surface area contributed by atoms with Crippen molar-refractivity contribution in [2.45, 2.75) is 31.0 Å². The van der Waals surface area contributed by atoms with Gasteiger partial charge >= 0.3 is 0 Å². The predicted octanol–water partition coefficient (Wildman–Crippen LogP) is 1.86. The molecule has 0 amide bonds. The van der Waals surface area contributed by atoms with Crippen LogP contribution < -0.4 is 0 Å². The van der Waals surface area contributed by atoms with E-state index in [0.29, 0.717) is 12.8 Å². The Morgan fingerprint density at radius 1 is 1.18 bits per heavy atom. The third kappa shape index (κ3) is 2.70. The number of morpholine rings is 1. The molecule has 3 aliphatic heterocycles. The Balaban J connectivity index is 1.29.